The number of carbonyl (C=O) groups excluding carboxylic acids is 1. The highest BCUT2D eigenvalue weighted by molar-refractivity contribution is 6.00. The third kappa shape index (κ3) is 0.878. The molecule has 0 fully saturated rings. The van der Waals surface area contributed by atoms with Crippen molar-refractivity contribution in [3.8, 4) is 0 Å². The van der Waals surface area contributed by atoms with E-state index in [4.69, 9.17) is 0 Å². The molecule has 2 atom stereocenters. The summed E-state index contributed by atoms with van der Waals surface area (Å²) in [5.41, 5.74) is 0. The number of allylic oxidation sites excluding steroid dienone is 2. The fourth-order valence-corrected chi connectivity index (χ4v) is 1.63. The molecular formula is C8H8NO2-. The molecule has 0 aromatic carbocycles. The highest BCUT2D eigenvalue weighted by atomic mass is 16.3. The summed E-state index contributed by atoms with van der Waals surface area (Å²) in [6, 6.07) is 0. The van der Waals surface area contributed by atoms with E-state index in [-0.39, 0.29) is 23.6 Å². The Labute approximate surface area is 64.4 Å². The number of hydrogen-bond donors (Lipinski definition) is 0. The Bertz CT molecular complexity index is 255. The van der Waals surface area contributed by atoms with Crippen LogP contribution in [0.15, 0.2) is 17.1 Å². The summed E-state index contributed by atoms with van der Waals surface area (Å²) in [5.74, 6) is -0.700. The summed E-state index contributed by atoms with van der Waals surface area (Å²) in [6.07, 6.45) is 5.29. The van der Waals surface area contributed by atoms with Crippen LogP contribution < -0.4 is 5.11 Å². The van der Waals surface area contributed by atoms with Gasteiger partial charge in [0.2, 0.25) is 5.91 Å². The molecule has 0 aromatic rings. The van der Waals surface area contributed by atoms with Crippen LogP contribution in [0.25, 0.3) is 0 Å². The van der Waals surface area contributed by atoms with Crippen molar-refractivity contribution >= 4 is 11.8 Å². The number of amides is 1. The minimum atomic E-state index is -0.218. The van der Waals surface area contributed by atoms with Crippen LogP contribution in [0, 0.1) is 11.8 Å². The Morgan fingerprint density at radius 3 is 2.64 bits per heavy atom. The molecule has 3 heteroatoms. The molecule has 0 aromatic heterocycles. The van der Waals surface area contributed by atoms with E-state index in [1.165, 1.54) is 0 Å². The summed E-state index contributed by atoms with van der Waals surface area (Å²) in [6.45, 7) is 0. The fraction of sp³-hybridized carbons (Fsp3) is 0.500. The zero-order valence-electron chi connectivity index (χ0n) is 5.99. The second-order valence-electron chi connectivity index (χ2n) is 2.94. The molecule has 0 radical (unpaired) electrons. The lowest BCUT2D eigenvalue weighted by Crippen LogP contribution is -2.29. The molecule has 0 saturated carbocycles. The second kappa shape index (κ2) is 2.19. The van der Waals surface area contributed by atoms with Gasteiger partial charge in [0, 0.05) is 5.92 Å². The van der Waals surface area contributed by atoms with Gasteiger partial charge >= 0.3 is 0 Å². The lowest BCUT2D eigenvalue weighted by molar-refractivity contribution is -0.223. The van der Waals surface area contributed by atoms with Gasteiger partial charge in [-0.25, -0.2) is 4.99 Å². The largest absolute Gasteiger partial charge is 0.861 e. The number of rotatable bonds is 0. The standard InChI is InChI=1S/C8H9NO2/c10-7-5-3-1-2-4-6(5)8(11)9-7/h1-2,5-6H,3-4H2,(H,9,10,11)/p-1/t5-,6+. The topological polar surface area (TPSA) is 52.5 Å². The summed E-state index contributed by atoms with van der Waals surface area (Å²) >= 11 is 0. The highest BCUT2D eigenvalue weighted by Crippen LogP contribution is 2.30. The maximum absolute atomic E-state index is 11.0. The van der Waals surface area contributed by atoms with Crippen molar-refractivity contribution in [2.75, 3.05) is 0 Å². The van der Waals surface area contributed by atoms with Gasteiger partial charge in [0.25, 0.3) is 0 Å². The lowest BCUT2D eigenvalue weighted by Gasteiger charge is -2.22. The molecule has 11 heavy (non-hydrogen) atoms. The lowest BCUT2D eigenvalue weighted by atomic mass is 9.85. The van der Waals surface area contributed by atoms with Crippen molar-refractivity contribution in [1.29, 1.82) is 0 Å². The van der Waals surface area contributed by atoms with Crippen molar-refractivity contribution in [3.63, 3.8) is 0 Å². The molecule has 0 saturated heterocycles. The number of fused-ring (bicyclic) bond motifs is 1. The minimum absolute atomic E-state index is 0.132. The third-order valence-corrected chi connectivity index (χ3v) is 2.29. The molecule has 1 heterocycles. The van der Waals surface area contributed by atoms with Crippen molar-refractivity contribution in [3.05, 3.63) is 12.2 Å². The Morgan fingerprint density at radius 2 is 2.00 bits per heavy atom. The first-order valence-electron chi connectivity index (χ1n) is 3.73. The number of carbonyl (C=O) groups is 1. The van der Waals surface area contributed by atoms with Gasteiger partial charge in [0.05, 0.1) is 5.92 Å². The maximum Gasteiger partial charge on any atom is 0.248 e. The van der Waals surface area contributed by atoms with Gasteiger partial charge in [-0.15, -0.1) is 0 Å². The monoisotopic (exact) mass is 150 g/mol. The summed E-state index contributed by atoms with van der Waals surface area (Å²) in [5, 5.41) is 11.0. The first-order chi connectivity index (χ1) is 5.29. The van der Waals surface area contributed by atoms with Gasteiger partial charge in [-0.05, 0) is 18.7 Å². The third-order valence-electron chi connectivity index (χ3n) is 2.29. The van der Waals surface area contributed by atoms with Gasteiger partial charge in [-0.2, -0.15) is 0 Å². The first kappa shape index (κ1) is 6.58. The molecule has 2 rings (SSSR count). The number of hydrogen-bond acceptors (Lipinski definition) is 2. The molecule has 1 aliphatic carbocycles. The van der Waals surface area contributed by atoms with Crippen LogP contribution in [0.5, 0.6) is 0 Å². The van der Waals surface area contributed by atoms with Crippen LogP contribution >= 0.6 is 0 Å². The molecule has 58 valence electrons. The molecule has 1 aliphatic heterocycles. The normalized spacial score (nSPS) is 35.3. The predicted octanol–water partition coefficient (Wildman–Crippen LogP) is -0.132. The van der Waals surface area contributed by atoms with E-state index in [0.717, 1.165) is 0 Å². The smallest absolute Gasteiger partial charge is 0.248 e. The summed E-state index contributed by atoms with van der Waals surface area (Å²) in [7, 11) is 0. The van der Waals surface area contributed by atoms with E-state index in [2.05, 4.69) is 4.99 Å². The number of aliphatic imine (C=N–C) groups is 1. The van der Waals surface area contributed by atoms with Gasteiger partial charge in [-0.1, -0.05) is 12.2 Å². The second-order valence-corrected chi connectivity index (χ2v) is 2.94. The van der Waals surface area contributed by atoms with E-state index in [1.54, 1.807) is 0 Å². The van der Waals surface area contributed by atoms with Crippen molar-refractivity contribution in [2.45, 2.75) is 12.8 Å². The van der Waals surface area contributed by atoms with Gasteiger partial charge in [0.1, 0.15) is 0 Å². The van der Waals surface area contributed by atoms with Crippen LogP contribution in [0.4, 0.5) is 0 Å². The van der Waals surface area contributed by atoms with Crippen molar-refractivity contribution < 1.29 is 9.90 Å². The van der Waals surface area contributed by atoms with Gasteiger partial charge < -0.3 is 5.11 Å². The van der Waals surface area contributed by atoms with Crippen LogP contribution in [-0.2, 0) is 4.79 Å². The van der Waals surface area contributed by atoms with E-state index >= 15 is 0 Å². The zero-order chi connectivity index (χ0) is 7.84. The molecule has 1 amide bonds. The molecule has 2 aliphatic rings. The average Bonchev–Trinajstić information content (AvgIpc) is 2.30. The SMILES string of the molecule is O=C1N=C([O-])[C@H]2CC=CC[C@@H]12. The van der Waals surface area contributed by atoms with E-state index < -0.39 is 0 Å². The zero-order valence-corrected chi connectivity index (χ0v) is 5.99. The fourth-order valence-electron chi connectivity index (χ4n) is 1.63. The van der Waals surface area contributed by atoms with E-state index in [1.807, 2.05) is 12.2 Å². The Balaban J connectivity index is 2.29. The highest BCUT2D eigenvalue weighted by Gasteiger charge is 2.33. The van der Waals surface area contributed by atoms with Gasteiger partial charge in [-0.3, -0.25) is 4.79 Å². The van der Waals surface area contributed by atoms with Crippen LogP contribution in [0.2, 0.25) is 0 Å². The number of nitrogens with zero attached hydrogens (tertiary/aromatic N) is 1. The molecule has 0 unspecified atom stereocenters. The summed E-state index contributed by atoms with van der Waals surface area (Å²) in [4.78, 5) is 14.4. The maximum atomic E-state index is 11.0. The van der Waals surface area contributed by atoms with Crippen LogP contribution in [0.1, 0.15) is 12.8 Å². The van der Waals surface area contributed by atoms with E-state index in [0.29, 0.717) is 12.8 Å². The molecular weight excluding hydrogens is 142 g/mol. The average molecular weight is 150 g/mol. The summed E-state index contributed by atoms with van der Waals surface area (Å²) < 4.78 is 0. The minimum Gasteiger partial charge on any atom is -0.861 e. The van der Waals surface area contributed by atoms with Crippen molar-refractivity contribution in [2.24, 2.45) is 16.8 Å². The molecule has 0 N–H and O–H groups in total. The van der Waals surface area contributed by atoms with Gasteiger partial charge in [0.15, 0.2) is 0 Å². The predicted molar refractivity (Wildman–Crippen MR) is 37.8 cm³/mol. The Kier molecular flexibility index (Phi) is 1.31. The Morgan fingerprint density at radius 1 is 1.36 bits per heavy atom. The van der Waals surface area contributed by atoms with Crippen LogP contribution in [0.3, 0.4) is 0 Å². The first-order valence-corrected chi connectivity index (χ1v) is 3.73. The van der Waals surface area contributed by atoms with Crippen molar-refractivity contribution in [1.82, 2.24) is 0 Å². The van der Waals surface area contributed by atoms with Crippen LogP contribution in [-0.4, -0.2) is 11.8 Å². The molecule has 0 bridgehead atoms. The Hall–Kier alpha value is -1.12. The molecule has 3 nitrogen and oxygen atoms in total. The molecule has 0 spiro atoms. The van der Waals surface area contributed by atoms with E-state index in [9.17, 15) is 9.90 Å². The quantitative estimate of drug-likeness (QED) is 0.451.